The van der Waals surface area contributed by atoms with Crippen LogP contribution in [0, 0.1) is 12.3 Å². The lowest BCUT2D eigenvalue weighted by molar-refractivity contribution is -0.144. The van der Waals surface area contributed by atoms with Crippen molar-refractivity contribution in [2.45, 2.75) is 96.6 Å². The Morgan fingerprint density at radius 1 is 0.944 bits per heavy atom. The van der Waals surface area contributed by atoms with Gasteiger partial charge in [0, 0.05) is 67.9 Å². The van der Waals surface area contributed by atoms with Gasteiger partial charge in [-0.1, -0.05) is 57.9 Å². The van der Waals surface area contributed by atoms with Gasteiger partial charge in [0.2, 0.25) is 23.7 Å². The quantitative estimate of drug-likeness (QED) is 0.0431. The van der Waals surface area contributed by atoms with E-state index in [0.717, 1.165) is 47.4 Å². The molecule has 22 heteroatoms. The number of aryl methyl sites for hydroxylation is 1. The SMILES string of the molecule is COc1cc(Nc2nc(N[C@H]3CCCC[C@H]3N)n3ccnc3c2C(N)=O)cc(OCCOCCOCCOCC(=O)NC(C(=O)N2C[C@H](O)C[C@H]2C(=O)NCc2ccc(-c3scnc3C)cc2)C(C)(C)C)c1. The zero-order valence-corrected chi connectivity index (χ0v) is 42.3. The average molecular weight is 1010 g/mol. The van der Waals surface area contributed by atoms with E-state index in [0.29, 0.717) is 28.8 Å². The average Bonchev–Trinajstić information content (AvgIpc) is 4.12. The molecule has 5 aromatic rings. The number of benzene rings is 2. The number of hydrogen-bond acceptors (Lipinski definition) is 17. The molecule has 2 aliphatic rings. The second kappa shape index (κ2) is 24.8. The van der Waals surface area contributed by atoms with E-state index in [1.165, 1.54) is 12.0 Å². The van der Waals surface area contributed by atoms with Gasteiger partial charge in [0.25, 0.3) is 5.91 Å². The van der Waals surface area contributed by atoms with Crippen molar-refractivity contribution in [3.8, 4) is 21.9 Å². The summed E-state index contributed by atoms with van der Waals surface area (Å²) >= 11 is 1.57. The number of aliphatic hydroxyl groups excluding tert-OH is 1. The molecule has 1 aliphatic carbocycles. The number of aromatic nitrogens is 4. The number of anilines is 3. The van der Waals surface area contributed by atoms with Crippen molar-refractivity contribution in [3.05, 3.63) is 77.2 Å². The number of nitrogens with two attached hydrogens (primary N) is 2. The van der Waals surface area contributed by atoms with Crippen molar-refractivity contribution < 1.29 is 48.0 Å². The van der Waals surface area contributed by atoms with Crippen molar-refractivity contribution in [2.75, 3.05) is 70.5 Å². The molecule has 2 aromatic carbocycles. The van der Waals surface area contributed by atoms with Crippen LogP contribution in [0.2, 0.25) is 0 Å². The third-order valence-corrected chi connectivity index (χ3v) is 13.5. The normalized spacial score (nSPS) is 18.4. The maximum atomic E-state index is 14.0. The number of carbonyl (C=O) groups is 4. The van der Waals surface area contributed by atoms with Gasteiger partial charge in [-0.2, -0.15) is 4.98 Å². The molecule has 9 N–H and O–H groups in total. The Kier molecular flexibility index (Phi) is 18.4. The lowest BCUT2D eigenvalue weighted by Gasteiger charge is -2.35. The molecule has 0 radical (unpaired) electrons. The van der Waals surface area contributed by atoms with Crippen LogP contribution in [-0.2, 0) is 35.1 Å². The zero-order chi connectivity index (χ0) is 51.4. The number of aliphatic hydroxyl groups is 1. The number of imidazole rings is 1. The van der Waals surface area contributed by atoms with Crippen molar-refractivity contribution >= 4 is 58.1 Å². The molecule has 72 heavy (non-hydrogen) atoms. The summed E-state index contributed by atoms with van der Waals surface area (Å²) in [7, 11) is 1.53. The Balaban J connectivity index is 0.807. The highest BCUT2D eigenvalue weighted by atomic mass is 32.1. The number of carbonyl (C=O) groups excluding carboxylic acids is 4. The number of hydrogen-bond donors (Lipinski definition) is 7. The van der Waals surface area contributed by atoms with Gasteiger partial charge in [-0.3, -0.25) is 23.6 Å². The summed E-state index contributed by atoms with van der Waals surface area (Å²) in [6, 6.07) is 11.1. The number of ether oxygens (including phenoxy) is 5. The molecule has 0 bridgehead atoms. The second-order valence-electron chi connectivity index (χ2n) is 18.9. The summed E-state index contributed by atoms with van der Waals surface area (Å²) in [6.45, 7) is 8.61. The fourth-order valence-corrected chi connectivity index (χ4v) is 9.50. The molecule has 1 saturated carbocycles. The van der Waals surface area contributed by atoms with Crippen LogP contribution in [0.25, 0.3) is 16.1 Å². The lowest BCUT2D eigenvalue weighted by atomic mass is 9.85. The Labute approximate surface area is 422 Å². The van der Waals surface area contributed by atoms with E-state index in [2.05, 4.69) is 31.2 Å². The van der Waals surface area contributed by atoms with Crippen molar-refractivity contribution in [2.24, 2.45) is 16.9 Å². The van der Waals surface area contributed by atoms with Gasteiger partial charge < -0.3 is 66.4 Å². The molecular weight excluding hydrogens is 947 g/mol. The fourth-order valence-electron chi connectivity index (χ4n) is 8.69. The van der Waals surface area contributed by atoms with Crippen LogP contribution < -0.4 is 42.2 Å². The van der Waals surface area contributed by atoms with Gasteiger partial charge in [-0.15, -0.1) is 11.3 Å². The number of methoxy groups -OCH3 is 1. The van der Waals surface area contributed by atoms with Crippen molar-refractivity contribution in [3.63, 3.8) is 0 Å². The van der Waals surface area contributed by atoms with Gasteiger partial charge in [0.15, 0.2) is 11.5 Å². The van der Waals surface area contributed by atoms with E-state index in [-0.39, 0.29) is 95.1 Å². The molecule has 1 saturated heterocycles. The number of rotatable bonds is 24. The third kappa shape index (κ3) is 13.9. The summed E-state index contributed by atoms with van der Waals surface area (Å²) in [6.07, 6.45) is 6.41. The number of fused-ring (bicyclic) bond motifs is 1. The first-order valence-electron chi connectivity index (χ1n) is 24.2. The molecular formula is C50H67N11O10S. The Morgan fingerprint density at radius 2 is 1.65 bits per heavy atom. The third-order valence-electron chi connectivity index (χ3n) is 12.5. The second-order valence-corrected chi connectivity index (χ2v) is 19.8. The van der Waals surface area contributed by atoms with Crippen LogP contribution in [0.1, 0.15) is 74.5 Å². The topological polar surface area (TPSA) is 281 Å². The van der Waals surface area contributed by atoms with Crippen LogP contribution in [-0.4, -0.2) is 143 Å². The monoisotopic (exact) mass is 1010 g/mol. The number of primary amides is 1. The standard InChI is InChI=1S/C50H67N11O10S/c1-30-42(72-29-55-30)32-12-10-31(11-13-32)26-54-47(65)39-24-34(62)27-61(39)48(66)43(50(2,3)4)58-40(63)28-70-19-18-68-16-17-69-20-21-71-36-23-33(22-35(25-36)67-5)56-45-41(44(52)64)46-53-14-15-60(46)49(59-45)57-38-9-7-6-8-37(38)51/h10-15,22-23,25,29,34,37-39,43,56,62H,6-9,16-21,24,26-28,51H2,1-5H3,(H2,52,64)(H,54,65)(H,57,59)(H,58,63)/t34-,37-,38+,39+,43?/m1/s1. The molecule has 4 heterocycles. The number of nitrogens with one attached hydrogen (secondary N) is 4. The molecule has 1 aliphatic heterocycles. The molecule has 0 spiro atoms. The number of nitrogens with zero attached hydrogens (tertiary/aromatic N) is 5. The van der Waals surface area contributed by atoms with Crippen molar-refractivity contribution in [1.82, 2.24) is 34.9 Å². The van der Waals surface area contributed by atoms with Crippen LogP contribution >= 0.6 is 11.3 Å². The highest BCUT2D eigenvalue weighted by Crippen LogP contribution is 2.32. The highest BCUT2D eigenvalue weighted by molar-refractivity contribution is 7.13. The molecule has 21 nitrogen and oxygen atoms in total. The first-order valence-corrected chi connectivity index (χ1v) is 25.0. The number of β-amino-alcohol motifs (C(OH)–C–C–N with tert-alkyl or cyclic N) is 1. The summed E-state index contributed by atoms with van der Waals surface area (Å²) in [5.41, 5.74) is 17.2. The smallest absolute Gasteiger partial charge is 0.256 e. The molecule has 1 unspecified atom stereocenters. The van der Waals surface area contributed by atoms with E-state index >= 15 is 0 Å². The maximum Gasteiger partial charge on any atom is 0.256 e. The number of thiazole rings is 1. The van der Waals surface area contributed by atoms with Gasteiger partial charge in [0.05, 0.1) is 62.3 Å². The van der Waals surface area contributed by atoms with Crippen LogP contribution in [0.3, 0.4) is 0 Å². The predicted molar refractivity (Wildman–Crippen MR) is 271 cm³/mol. The number of likely N-dealkylation sites (tertiary alicyclic amines) is 1. The molecule has 5 atom stereocenters. The minimum atomic E-state index is -0.989. The Hall–Kier alpha value is -6.43. The van der Waals surface area contributed by atoms with E-state index < -0.39 is 41.3 Å². The van der Waals surface area contributed by atoms with Gasteiger partial charge in [-0.05, 0) is 36.3 Å². The Bertz CT molecular complexity index is 2640. The summed E-state index contributed by atoms with van der Waals surface area (Å²) in [5.74, 6) is -0.396. The molecule has 4 amide bonds. The molecule has 3 aromatic heterocycles. The minimum Gasteiger partial charge on any atom is -0.497 e. The first-order chi connectivity index (χ1) is 34.6. The molecule has 7 rings (SSSR count). The van der Waals surface area contributed by atoms with Gasteiger partial charge in [0.1, 0.15) is 42.4 Å². The highest BCUT2D eigenvalue weighted by Gasteiger charge is 2.44. The van der Waals surface area contributed by atoms with Gasteiger partial charge in [-0.25, -0.2) is 9.97 Å². The zero-order valence-electron chi connectivity index (χ0n) is 41.5. The van der Waals surface area contributed by atoms with E-state index in [4.69, 9.17) is 40.1 Å². The predicted octanol–water partition coefficient (Wildman–Crippen LogP) is 3.93. The molecule has 2 fully saturated rings. The van der Waals surface area contributed by atoms with Crippen LogP contribution in [0.15, 0.2) is 60.4 Å². The van der Waals surface area contributed by atoms with Crippen LogP contribution in [0.5, 0.6) is 11.5 Å². The van der Waals surface area contributed by atoms with Crippen LogP contribution in [0.4, 0.5) is 17.5 Å². The number of amides is 4. The lowest BCUT2D eigenvalue weighted by Crippen LogP contribution is -2.58. The van der Waals surface area contributed by atoms with E-state index in [9.17, 15) is 24.3 Å². The Morgan fingerprint density at radius 3 is 2.33 bits per heavy atom. The minimum absolute atomic E-state index is 0.00117. The summed E-state index contributed by atoms with van der Waals surface area (Å²) in [5, 5.41) is 23.0. The first kappa shape index (κ1) is 53.4. The largest absolute Gasteiger partial charge is 0.497 e. The van der Waals surface area contributed by atoms with Gasteiger partial charge >= 0.3 is 0 Å². The molecule has 388 valence electrons. The maximum absolute atomic E-state index is 14.0. The summed E-state index contributed by atoms with van der Waals surface area (Å²) in [4.78, 5) is 69.2. The fraction of sp³-hybridized carbons (Fsp3) is 0.500. The summed E-state index contributed by atoms with van der Waals surface area (Å²) < 4.78 is 30.1. The van der Waals surface area contributed by atoms with E-state index in [1.807, 2.05) is 52.0 Å². The van der Waals surface area contributed by atoms with E-state index in [1.54, 1.807) is 51.8 Å². The van der Waals surface area contributed by atoms with Crippen molar-refractivity contribution in [1.29, 1.82) is 0 Å².